The fourth-order valence-electron chi connectivity index (χ4n) is 2.01. The highest BCUT2D eigenvalue weighted by molar-refractivity contribution is 4.67. The Morgan fingerprint density at radius 3 is 2.00 bits per heavy atom. The van der Waals surface area contributed by atoms with E-state index in [-0.39, 0.29) is 5.60 Å². The van der Waals surface area contributed by atoms with Crippen molar-refractivity contribution in [3.05, 3.63) is 0 Å². The van der Waals surface area contributed by atoms with Crippen molar-refractivity contribution in [2.45, 2.75) is 90.7 Å². The van der Waals surface area contributed by atoms with Crippen LogP contribution in [0.5, 0.6) is 0 Å². The first-order chi connectivity index (χ1) is 8.49. The lowest BCUT2D eigenvalue weighted by Gasteiger charge is -2.24. The normalized spacial score (nSPS) is 13.8. The standard InChI is InChI=1S/C16H35NO/c1-6-7-8-9-10-11-12-13-15(17-5)14-18-16(2,3)4/h15,17H,6-14H2,1-5H3. The monoisotopic (exact) mass is 257 g/mol. The van der Waals surface area contributed by atoms with E-state index >= 15 is 0 Å². The van der Waals surface area contributed by atoms with Gasteiger partial charge in [0.2, 0.25) is 0 Å². The van der Waals surface area contributed by atoms with Crippen LogP contribution in [-0.4, -0.2) is 25.3 Å². The lowest BCUT2D eigenvalue weighted by molar-refractivity contribution is -0.0147. The van der Waals surface area contributed by atoms with E-state index < -0.39 is 0 Å². The zero-order valence-electron chi connectivity index (χ0n) is 13.3. The lowest BCUT2D eigenvalue weighted by atomic mass is 10.1. The predicted octanol–water partition coefficient (Wildman–Crippen LogP) is 4.53. The van der Waals surface area contributed by atoms with Gasteiger partial charge in [-0.15, -0.1) is 0 Å². The molecule has 2 heteroatoms. The molecule has 0 aliphatic carbocycles. The topological polar surface area (TPSA) is 21.3 Å². The SMILES string of the molecule is CCCCCCCCCC(COC(C)(C)C)NC. The van der Waals surface area contributed by atoms with Crippen molar-refractivity contribution < 1.29 is 4.74 Å². The molecule has 0 aromatic heterocycles. The van der Waals surface area contributed by atoms with Crippen molar-refractivity contribution in [2.75, 3.05) is 13.7 Å². The summed E-state index contributed by atoms with van der Waals surface area (Å²) in [6.07, 6.45) is 10.9. The number of rotatable bonds is 11. The van der Waals surface area contributed by atoms with Crippen LogP contribution >= 0.6 is 0 Å². The van der Waals surface area contributed by atoms with Crippen LogP contribution in [0.25, 0.3) is 0 Å². The van der Waals surface area contributed by atoms with Gasteiger partial charge in [0.25, 0.3) is 0 Å². The maximum atomic E-state index is 5.83. The number of ether oxygens (including phenoxy) is 1. The largest absolute Gasteiger partial charge is 0.374 e. The van der Waals surface area contributed by atoms with E-state index in [9.17, 15) is 0 Å². The van der Waals surface area contributed by atoms with Crippen LogP contribution in [0.2, 0.25) is 0 Å². The van der Waals surface area contributed by atoms with Gasteiger partial charge in [-0.25, -0.2) is 0 Å². The number of unbranched alkanes of at least 4 members (excludes halogenated alkanes) is 6. The van der Waals surface area contributed by atoms with Gasteiger partial charge in [-0.05, 0) is 34.2 Å². The summed E-state index contributed by atoms with van der Waals surface area (Å²) in [5.41, 5.74) is -0.0186. The molecule has 0 aliphatic rings. The molecular weight excluding hydrogens is 222 g/mol. The molecule has 110 valence electrons. The molecule has 0 heterocycles. The molecule has 18 heavy (non-hydrogen) atoms. The van der Waals surface area contributed by atoms with Crippen molar-refractivity contribution in [1.82, 2.24) is 5.32 Å². The van der Waals surface area contributed by atoms with E-state index in [0.29, 0.717) is 6.04 Å². The zero-order chi connectivity index (χ0) is 13.9. The highest BCUT2D eigenvalue weighted by atomic mass is 16.5. The van der Waals surface area contributed by atoms with Crippen molar-refractivity contribution in [2.24, 2.45) is 0 Å². The molecule has 2 nitrogen and oxygen atoms in total. The van der Waals surface area contributed by atoms with Crippen LogP contribution in [0.1, 0.15) is 79.1 Å². The van der Waals surface area contributed by atoms with Crippen LogP contribution in [-0.2, 0) is 4.74 Å². The van der Waals surface area contributed by atoms with E-state index in [0.717, 1.165) is 6.61 Å². The second kappa shape index (κ2) is 10.8. The molecule has 1 unspecified atom stereocenters. The third-order valence-corrected chi connectivity index (χ3v) is 3.28. The van der Waals surface area contributed by atoms with Crippen molar-refractivity contribution in [1.29, 1.82) is 0 Å². The second-order valence-corrected chi connectivity index (χ2v) is 6.32. The summed E-state index contributed by atoms with van der Waals surface area (Å²) in [4.78, 5) is 0. The predicted molar refractivity (Wildman–Crippen MR) is 81.2 cm³/mol. The van der Waals surface area contributed by atoms with Crippen molar-refractivity contribution in [3.8, 4) is 0 Å². The first-order valence-electron chi connectivity index (χ1n) is 7.81. The highest BCUT2D eigenvalue weighted by Gasteiger charge is 2.13. The Bertz CT molecular complexity index is 174. The third-order valence-electron chi connectivity index (χ3n) is 3.28. The smallest absolute Gasteiger partial charge is 0.0626 e. The quantitative estimate of drug-likeness (QED) is 0.549. The number of likely N-dealkylation sites (N-methyl/N-ethyl adjacent to an activating group) is 1. The Morgan fingerprint density at radius 1 is 0.944 bits per heavy atom. The summed E-state index contributed by atoms with van der Waals surface area (Å²) in [6, 6.07) is 0.514. The van der Waals surface area contributed by atoms with E-state index in [1.54, 1.807) is 0 Å². The van der Waals surface area contributed by atoms with Gasteiger partial charge in [0.15, 0.2) is 0 Å². The van der Waals surface area contributed by atoms with Crippen molar-refractivity contribution >= 4 is 0 Å². The number of hydrogen-bond acceptors (Lipinski definition) is 2. The van der Waals surface area contributed by atoms with Gasteiger partial charge in [-0.2, -0.15) is 0 Å². The number of hydrogen-bond donors (Lipinski definition) is 1. The molecule has 0 radical (unpaired) electrons. The molecule has 0 aromatic carbocycles. The van der Waals surface area contributed by atoms with Crippen LogP contribution in [0.3, 0.4) is 0 Å². The van der Waals surface area contributed by atoms with E-state index in [4.69, 9.17) is 4.74 Å². The molecule has 1 N–H and O–H groups in total. The molecule has 0 amide bonds. The zero-order valence-corrected chi connectivity index (χ0v) is 13.3. The molecular formula is C16H35NO. The minimum atomic E-state index is -0.0186. The van der Waals surface area contributed by atoms with Gasteiger partial charge in [0.1, 0.15) is 0 Å². The second-order valence-electron chi connectivity index (χ2n) is 6.32. The Balaban J connectivity index is 3.44. The number of nitrogens with one attached hydrogen (secondary N) is 1. The summed E-state index contributed by atoms with van der Waals surface area (Å²) in [7, 11) is 2.04. The summed E-state index contributed by atoms with van der Waals surface area (Å²) < 4.78 is 5.83. The van der Waals surface area contributed by atoms with Crippen LogP contribution in [0.4, 0.5) is 0 Å². The van der Waals surface area contributed by atoms with Gasteiger partial charge < -0.3 is 10.1 Å². The third kappa shape index (κ3) is 12.4. The average Bonchev–Trinajstić information content (AvgIpc) is 2.30. The summed E-state index contributed by atoms with van der Waals surface area (Å²) in [6.45, 7) is 9.46. The first-order valence-corrected chi connectivity index (χ1v) is 7.81. The maximum absolute atomic E-state index is 5.83. The van der Waals surface area contributed by atoms with Crippen LogP contribution < -0.4 is 5.32 Å². The molecule has 0 saturated heterocycles. The molecule has 0 spiro atoms. The Hall–Kier alpha value is -0.0800. The molecule has 0 aromatic rings. The lowest BCUT2D eigenvalue weighted by Crippen LogP contribution is -2.34. The molecule has 0 fully saturated rings. The van der Waals surface area contributed by atoms with Gasteiger partial charge >= 0.3 is 0 Å². The molecule has 0 saturated carbocycles. The fraction of sp³-hybridized carbons (Fsp3) is 1.00. The van der Waals surface area contributed by atoms with E-state index in [1.807, 2.05) is 7.05 Å². The van der Waals surface area contributed by atoms with E-state index in [2.05, 4.69) is 33.0 Å². The van der Waals surface area contributed by atoms with Gasteiger partial charge in [-0.3, -0.25) is 0 Å². The summed E-state index contributed by atoms with van der Waals surface area (Å²) in [5, 5.41) is 3.36. The molecule has 0 rings (SSSR count). The minimum Gasteiger partial charge on any atom is -0.374 e. The Labute approximate surface area is 115 Å². The van der Waals surface area contributed by atoms with Gasteiger partial charge in [0.05, 0.1) is 12.2 Å². The Morgan fingerprint density at radius 2 is 1.50 bits per heavy atom. The molecule has 0 aliphatic heterocycles. The minimum absolute atomic E-state index is 0.0186. The summed E-state index contributed by atoms with van der Waals surface area (Å²) in [5.74, 6) is 0. The molecule has 0 bridgehead atoms. The fourth-order valence-corrected chi connectivity index (χ4v) is 2.01. The Kier molecular flexibility index (Phi) is 10.8. The average molecular weight is 257 g/mol. The highest BCUT2D eigenvalue weighted by Crippen LogP contribution is 2.12. The molecule has 1 atom stereocenters. The van der Waals surface area contributed by atoms with Crippen molar-refractivity contribution in [3.63, 3.8) is 0 Å². The van der Waals surface area contributed by atoms with Gasteiger partial charge in [0, 0.05) is 6.04 Å². The van der Waals surface area contributed by atoms with Crippen LogP contribution in [0.15, 0.2) is 0 Å². The van der Waals surface area contributed by atoms with Crippen LogP contribution in [0, 0.1) is 0 Å². The first kappa shape index (κ1) is 17.9. The maximum Gasteiger partial charge on any atom is 0.0626 e. The van der Waals surface area contributed by atoms with Gasteiger partial charge in [-0.1, -0.05) is 51.9 Å². The summed E-state index contributed by atoms with van der Waals surface area (Å²) >= 11 is 0. The van der Waals surface area contributed by atoms with E-state index in [1.165, 1.54) is 51.4 Å².